The molecule has 5 heteroatoms. The maximum absolute atomic E-state index is 6.05. The number of hydrogen-bond donors (Lipinski definition) is 0. The second-order valence-corrected chi connectivity index (χ2v) is 4.53. The Hall–Kier alpha value is -0.870. The molecule has 1 aliphatic rings. The van der Waals surface area contributed by atoms with Crippen LogP contribution in [0.2, 0.25) is 5.02 Å². The number of aromatic nitrogens is 2. The lowest BCUT2D eigenvalue weighted by atomic mass is 10.00. The van der Waals surface area contributed by atoms with Crippen molar-refractivity contribution < 1.29 is 4.74 Å². The predicted molar refractivity (Wildman–Crippen MR) is 62.8 cm³/mol. The molecule has 0 saturated carbocycles. The first kappa shape index (κ1) is 11.6. The maximum atomic E-state index is 6.05. The van der Waals surface area contributed by atoms with E-state index in [1.807, 2.05) is 6.07 Å². The molecule has 0 spiro atoms. The fraction of sp³-hybridized carbons (Fsp3) is 0.636. The summed E-state index contributed by atoms with van der Waals surface area (Å²) >= 11 is 6.05. The number of methoxy groups -OCH3 is 1. The topological polar surface area (TPSA) is 38.3 Å². The van der Waals surface area contributed by atoms with Gasteiger partial charge < -0.3 is 4.74 Å². The highest BCUT2D eigenvalue weighted by Gasteiger charge is 2.23. The average molecular weight is 242 g/mol. The number of ether oxygens (including phenoxy) is 1. The van der Waals surface area contributed by atoms with E-state index in [2.05, 4.69) is 22.1 Å². The SMILES string of the molecule is COc1nnc(C2CCCCN2C)cc1Cl. The third-order valence-corrected chi connectivity index (χ3v) is 3.31. The van der Waals surface area contributed by atoms with Crippen LogP contribution in [0.25, 0.3) is 0 Å². The van der Waals surface area contributed by atoms with Crippen molar-refractivity contribution in [2.24, 2.45) is 0 Å². The van der Waals surface area contributed by atoms with E-state index in [-0.39, 0.29) is 0 Å². The van der Waals surface area contributed by atoms with Crippen molar-refractivity contribution in [3.8, 4) is 5.88 Å². The molecule has 0 aromatic carbocycles. The fourth-order valence-electron chi connectivity index (χ4n) is 2.12. The van der Waals surface area contributed by atoms with Crippen molar-refractivity contribution in [2.75, 3.05) is 20.7 Å². The third-order valence-electron chi connectivity index (χ3n) is 3.04. The van der Waals surface area contributed by atoms with Crippen molar-refractivity contribution in [1.29, 1.82) is 0 Å². The molecule has 1 saturated heterocycles. The summed E-state index contributed by atoms with van der Waals surface area (Å²) in [5, 5.41) is 8.69. The van der Waals surface area contributed by atoms with Gasteiger partial charge >= 0.3 is 0 Å². The Bertz CT molecular complexity index is 372. The van der Waals surface area contributed by atoms with Gasteiger partial charge in [0.1, 0.15) is 5.02 Å². The highest BCUT2D eigenvalue weighted by molar-refractivity contribution is 6.31. The zero-order valence-corrected chi connectivity index (χ0v) is 10.4. The predicted octanol–water partition coefficient (Wildman–Crippen LogP) is 2.30. The van der Waals surface area contributed by atoms with Crippen LogP contribution in [-0.2, 0) is 0 Å². The van der Waals surface area contributed by atoms with Crippen molar-refractivity contribution in [3.05, 3.63) is 16.8 Å². The molecule has 0 amide bonds. The van der Waals surface area contributed by atoms with Crippen LogP contribution in [0, 0.1) is 0 Å². The molecule has 2 rings (SSSR count). The van der Waals surface area contributed by atoms with E-state index in [9.17, 15) is 0 Å². The summed E-state index contributed by atoms with van der Waals surface area (Å²) in [4.78, 5) is 2.30. The lowest BCUT2D eigenvalue weighted by molar-refractivity contribution is 0.182. The van der Waals surface area contributed by atoms with Crippen LogP contribution >= 0.6 is 11.6 Å². The Morgan fingerprint density at radius 1 is 1.44 bits per heavy atom. The van der Waals surface area contributed by atoms with Crippen LogP contribution < -0.4 is 4.74 Å². The smallest absolute Gasteiger partial charge is 0.252 e. The molecular formula is C11H16ClN3O. The zero-order valence-electron chi connectivity index (χ0n) is 9.61. The molecule has 0 N–H and O–H groups in total. The highest BCUT2D eigenvalue weighted by atomic mass is 35.5. The molecule has 0 bridgehead atoms. The number of likely N-dealkylation sites (tertiary alicyclic amines) is 1. The minimum Gasteiger partial charge on any atom is -0.479 e. The summed E-state index contributed by atoms with van der Waals surface area (Å²) in [6.45, 7) is 1.11. The lowest BCUT2D eigenvalue weighted by Gasteiger charge is -2.31. The second kappa shape index (κ2) is 4.97. The van der Waals surface area contributed by atoms with Gasteiger partial charge in [0.25, 0.3) is 5.88 Å². The summed E-state index contributed by atoms with van der Waals surface area (Å²) in [6.07, 6.45) is 3.61. The van der Waals surface area contributed by atoms with Gasteiger partial charge in [0.15, 0.2) is 0 Å². The molecule has 88 valence electrons. The van der Waals surface area contributed by atoms with E-state index < -0.39 is 0 Å². The monoisotopic (exact) mass is 241 g/mol. The first-order chi connectivity index (χ1) is 7.72. The summed E-state index contributed by atoms with van der Waals surface area (Å²) in [7, 11) is 3.66. The number of nitrogens with zero attached hydrogens (tertiary/aromatic N) is 3. The molecule has 1 aromatic heterocycles. The van der Waals surface area contributed by atoms with Gasteiger partial charge in [-0.05, 0) is 32.5 Å². The van der Waals surface area contributed by atoms with Crippen LogP contribution in [0.1, 0.15) is 31.0 Å². The largest absolute Gasteiger partial charge is 0.479 e. The van der Waals surface area contributed by atoms with Crippen LogP contribution in [0.5, 0.6) is 5.88 Å². The van der Waals surface area contributed by atoms with Crippen molar-refractivity contribution in [2.45, 2.75) is 25.3 Å². The summed E-state index contributed by atoms with van der Waals surface area (Å²) < 4.78 is 4.99. The minimum atomic E-state index is 0.338. The Morgan fingerprint density at radius 3 is 2.88 bits per heavy atom. The van der Waals surface area contributed by atoms with E-state index in [1.165, 1.54) is 12.8 Å². The summed E-state index contributed by atoms with van der Waals surface area (Å²) in [5.41, 5.74) is 0.938. The maximum Gasteiger partial charge on any atom is 0.252 e. The Kier molecular flexibility index (Phi) is 3.61. The van der Waals surface area contributed by atoms with Gasteiger partial charge in [-0.15, -0.1) is 5.10 Å². The van der Waals surface area contributed by atoms with Gasteiger partial charge in [0, 0.05) is 0 Å². The quantitative estimate of drug-likeness (QED) is 0.797. The second-order valence-electron chi connectivity index (χ2n) is 4.12. The molecule has 16 heavy (non-hydrogen) atoms. The summed E-state index contributed by atoms with van der Waals surface area (Å²) in [6, 6.07) is 2.20. The molecule has 0 aliphatic carbocycles. The molecule has 1 fully saturated rings. The van der Waals surface area contributed by atoms with E-state index in [0.29, 0.717) is 16.9 Å². The third kappa shape index (κ3) is 2.28. The van der Waals surface area contributed by atoms with Crippen molar-refractivity contribution in [1.82, 2.24) is 15.1 Å². The molecule has 1 atom stereocenters. The molecule has 1 aromatic rings. The lowest BCUT2D eigenvalue weighted by Crippen LogP contribution is -2.30. The van der Waals surface area contributed by atoms with Crippen LogP contribution in [0.4, 0.5) is 0 Å². The Morgan fingerprint density at radius 2 is 2.25 bits per heavy atom. The van der Waals surface area contributed by atoms with Gasteiger partial charge in [-0.2, -0.15) is 5.10 Å². The molecular weight excluding hydrogens is 226 g/mol. The normalized spacial score (nSPS) is 22.1. The van der Waals surface area contributed by atoms with Crippen LogP contribution in [0.15, 0.2) is 6.07 Å². The zero-order chi connectivity index (χ0) is 11.5. The van der Waals surface area contributed by atoms with Gasteiger partial charge in [-0.25, -0.2) is 0 Å². The average Bonchev–Trinajstić information content (AvgIpc) is 2.29. The van der Waals surface area contributed by atoms with Crippen LogP contribution in [0.3, 0.4) is 0 Å². The molecule has 1 aliphatic heterocycles. The molecule has 1 unspecified atom stereocenters. The highest BCUT2D eigenvalue weighted by Crippen LogP contribution is 2.30. The van der Waals surface area contributed by atoms with E-state index in [1.54, 1.807) is 7.11 Å². The first-order valence-electron chi connectivity index (χ1n) is 5.49. The van der Waals surface area contributed by atoms with Crippen LogP contribution in [-0.4, -0.2) is 35.8 Å². The van der Waals surface area contributed by atoms with Crippen molar-refractivity contribution in [3.63, 3.8) is 0 Å². The van der Waals surface area contributed by atoms with Crippen molar-refractivity contribution >= 4 is 11.6 Å². The van der Waals surface area contributed by atoms with Gasteiger partial charge in [-0.1, -0.05) is 18.0 Å². The Balaban J connectivity index is 2.22. The fourth-order valence-corrected chi connectivity index (χ4v) is 2.35. The minimum absolute atomic E-state index is 0.338. The molecule has 4 nitrogen and oxygen atoms in total. The van der Waals surface area contributed by atoms with Gasteiger partial charge in [0.05, 0.1) is 18.8 Å². The number of rotatable bonds is 2. The van der Waals surface area contributed by atoms with E-state index in [4.69, 9.17) is 16.3 Å². The van der Waals surface area contributed by atoms with Gasteiger partial charge in [0.2, 0.25) is 0 Å². The van der Waals surface area contributed by atoms with E-state index >= 15 is 0 Å². The number of hydrogen-bond acceptors (Lipinski definition) is 4. The Labute approximate surface area is 101 Å². The molecule has 2 heterocycles. The number of halogens is 1. The first-order valence-corrected chi connectivity index (χ1v) is 5.87. The van der Waals surface area contributed by atoms with E-state index in [0.717, 1.165) is 18.7 Å². The van der Waals surface area contributed by atoms with Gasteiger partial charge in [-0.3, -0.25) is 4.90 Å². The summed E-state index contributed by atoms with van der Waals surface area (Å²) in [5.74, 6) is 0.392. The molecule has 0 radical (unpaired) electrons. The standard InChI is InChI=1S/C11H16ClN3O/c1-15-6-4-3-5-10(15)9-7-8(12)11(16-2)14-13-9/h7,10H,3-6H2,1-2H3. The number of piperidine rings is 1.